The van der Waals surface area contributed by atoms with Crippen LogP contribution in [-0.4, -0.2) is 105 Å². The van der Waals surface area contributed by atoms with Crippen LogP contribution < -0.4 is 25.3 Å². The molecule has 5 atom stereocenters. The molecular weight excluding hydrogens is 717 g/mol. The van der Waals surface area contributed by atoms with Crippen molar-refractivity contribution in [3.05, 3.63) is 89.0 Å². The summed E-state index contributed by atoms with van der Waals surface area (Å²) in [4.78, 5) is 74.0. The predicted molar refractivity (Wildman–Crippen MR) is 210 cm³/mol. The van der Waals surface area contributed by atoms with Gasteiger partial charge < -0.3 is 44.9 Å². The lowest BCUT2D eigenvalue weighted by Crippen LogP contribution is -2.48. The molecular formula is C41H50N6O7Si. The zero-order valence-electron chi connectivity index (χ0n) is 31.7. The number of aliphatic hydroxyl groups excluding tert-OH is 1. The van der Waals surface area contributed by atoms with Gasteiger partial charge in [0.2, 0.25) is 17.7 Å². The number of amides is 4. The Kier molecular flexibility index (Phi) is 9.93. The van der Waals surface area contributed by atoms with E-state index in [1.54, 1.807) is 19.6 Å². The van der Waals surface area contributed by atoms with Gasteiger partial charge in [0.1, 0.15) is 0 Å². The molecule has 0 aliphatic carbocycles. The van der Waals surface area contributed by atoms with E-state index in [0.29, 0.717) is 56.1 Å². The van der Waals surface area contributed by atoms with Crippen molar-refractivity contribution in [2.24, 2.45) is 5.92 Å². The molecule has 5 aliphatic rings. The molecule has 1 spiro atoms. The number of nitrogens with zero attached hydrogens (tertiary/aromatic N) is 4. The lowest BCUT2D eigenvalue weighted by molar-refractivity contribution is -0.151. The molecule has 5 heterocycles. The van der Waals surface area contributed by atoms with E-state index in [0.717, 1.165) is 22.4 Å². The summed E-state index contributed by atoms with van der Waals surface area (Å²) in [5.41, 5.74) is 3.71. The average Bonchev–Trinajstić information content (AvgIpc) is 3.60. The molecule has 0 radical (unpaired) electrons. The molecule has 3 aromatic rings. The molecule has 14 heteroatoms. The summed E-state index contributed by atoms with van der Waals surface area (Å²) >= 11 is 0. The topological polar surface area (TPSA) is 155 Å². The van der Waals surface area contributed by atoms with Crippen LogP contribution in [0, 0.1) is 5.92 Å². The maximum atomic E-state index is 15.2. The fourth-order valence-electron chi connectivity index (χ4n) is 9.64. The molecule has 290 valence electrons. The monoisotopic (exact) mass is 766 g/mol. The fourth-order valence-corrected chi connectivity index (χ4v) is 12.2. The number of aliphatic hydroxyl groups is 1. The number of carbonyl (C=O) groups excluding carboxylic acids is 4. The smallest absolute Gasteiger partial charge is 0.264 e. The second kappa shape index (κ2) is 14.6. The largest absolute Gasteiger partial charge is 0.432 e. The summed E-state index contributed by atoms with van der Waals surface area (Å²) in [5, 5.41) is 16.6. The Bertz CT molecular complexity index is 2010. The third-order valence-electron chi connectivity index (χ3n) is 12.3. The van der Waals surface area contributed by atoms with Crippen LogP contribution in [0.3, 0.4) is 0 Å². The van der Waals surface area contributed by atoms with Crippen molar-refractivity contribution in [3.8, 4) is 0 Å². The summed E-state index contributed by atoms with van der Waals surface area (Å²) < 4.78 is 7.05. The first-order valence-electron chi connectivity index (χ1n) is 19.4. The zero-order valence-corrected chi connectivity index (χ0v) is 32.7. The number of benzene rings is 3. The molecule has 3 saturated heterocycles. The number of piperazine rings is 2. The zero-order chi connectivity index (χ0) is 38.6. The van der Waals surface area contributed by atoms with Gasteiger partial charge >= 0.3 is 0 Å². The summed E-state index contributed by atoms with van der Waals surface area (Å²) in [6, 6.07) is 20.8. The molecule has 4 N–H and O–H groups in total. The highest BCUT2D eigenvalue weighted by atomic mass is 28.4. The second-order valence-electron chi connectivity index (χ2n) is 16.1. The Morgan fingerprint density at radius 1 is 0.909 bits per heavy atom. The van der Waals surface area contributed by atoms with E-state index in [2.05, 4.69) is 10.6 Å². The van der Waals surface area contributed by atoms with Crippen molar-refractivity contribution in [3.63, 3.8) is 0 Å². The van der Waals surface area contributed by atoms with Crippen LogP contribution in [0.4, 0.5) is 17.1 Å². The number of hydrogen-bond donors (Lipinski definition) is 4. The van der Waals surface area contributed by atoms with Crippen molar-refractivity contribution < 1.29 is 33.8 Å². The maximum absolute atomic E-state index is 15.2. The molecule has 0 aromatic heterocycles. The van der Waals surface area contributed by atoms with Crippen LogP contribution in [0.25, 0.3) is 0 Å². The van der Waals surface area contributed by atoms with Crippen LogP contribution in [0.1, 0.15) is 35.6 Å². The van der Waals surface area contributed by atoms with Crippen LogP contribution >= 0.6 is 0 Å². The van der Waals surface area contributed by atoms with E-state index in [1.807, 2.05) is 86.7 Å². The van der Waals surface area contributed by atoms with E-state index in [9.17, 15) is 24.3 Å². The average molecular weight is 767 g/mol. The molecule has 55 heavy (non-hydrogen) atoms. The number of ether oxygens (including phenoxy) is 1. The maximum Gasteiger partial charge on any atom is 0.264 e. The molecule has 0 unspecified atom stereocenters. The first kappa shape index (κ1) is 37.5. The van der Waals surface area contributed by atoms with Crippen molar-refractivity contribution in [1.82, 2.24) is 15.5 Å². The quantitative estimate of drug-likeness (QED) is 0.253. The highest BCUT2D eigenvalue weighted by Crippen LogP contribution is 2.60. The highest BCUT2D eigenvalue weighted by molar-refractivity contribution is 6.71. The number of rotatable bonds is 8. The Balaban J connectivity index is 1.15. The number of hydrogen-bond acceptors (Lipinski definition) is 9. The predicted octanol–water partition coefficient (Wildman–Crippen LogP) is 2.24. The van der Waals surface area contributed by atoms with E-state index >= 15 is 4.79 Å². The SMILES string of the molecule is C[C@H]1[C@H]([Si](C)(C)O)[C@@H](CC(=O)N2Cc3ccccc3C[C@H]2CO)O[C@]12C(=O)N(Cc1ccc(N3CCNCC3=O)cc1)c1ccc(N3CCNCC3=O)cc12. The van der Waals surface area contributed by atoms with Gasteiger partial charge in [0.05, 0.1) is 50.5 Å². The Morgan fingerprint density at radius 2 is 1.55 bits per heavy atom. The summed E-state index contributed by atoms with van der Waals surface area (Å²) in [6.45, 7) is 8.91. The van der Waals surface area contributed by atoms with Crippen molar-refractivity contribution in [2.45, 2.75) is 69.2 Å². The van der Waals surface area contributed by atoms with Gasteiger partial charge in [-0.05, 0) is 66.5 Å². The first-order valence-corrected chi connectivity index (χ1v) is 22.4. The van der Waals surface area contributed by atoms with Crippen molar-refractivity contribution in [2.75, 3.05) is 60.6 Å². The highest BCUT2D eigenvalue weighted by Gasteiger charge is 2.66. The van der Waals surface area contributed by atoms with Crippen molar-refractivity contribution in [1.29, 1.82) is 0 Å². The van der Waals surface area contributed by atoms with Crippen LogP contribution in [0.5, 0.6) is 0 Å². The lowest BCUT2D eigenvalue weighted by Gasteiger charge is -2.37. The van der Waals surface area contributed by atoms with Crippen LogP contribution in [0.15, 0.2) is 66.7 Å². The molecule has 5 aliphatic heterocycles. The summed E-state index contributed by atoms with van der Waals surface area (Å²) in [6.07, 6.45) is -0.297. The summed E-state index contributed by atoms with van der Waals surface area (Å²) in [5.74, 6) is -1.06. The third kappa shape index (κ3) is 6.58. The van der Waals surface area contributed by atoms with Gasteiger partial charge in [0, 0.05) is 61.1 Å². The van der Waals surface area contributed by atoms with Gasteiger partial charge in [-0.3, -0.25) is 19.2 Å². The van der Waals surface area contributed by atoms with Gasteiger partial charge in [-0.25, -0.2) is 0 Å². The minimum Gasteiger partial charge on any atom is -0.432 e. The van der Waals surface area contributed by atoms with Gasteiger partial charge in [0.15, 0.2) is 13.9 Å². The lowest BCUT2D eigenvalue weighted by atomic mass is 9.82. The molecule has 0 saturated carbocycles. The van der Waals surface area contributed by atoms with Gasteiger partial charge in [-0.15, -0.1) is 0 Å². The van der Waals surface area contributed by atoms with E-state index in [1.165, 1.54) is 0 Å². The molecule has 3 fully saturated rings. The Hall–Kier alpha value is -4.44. The minimum atomic E-state index is -3.10. The standard InChI is InChI=1S/C41H50N6O7Si/c1-26-39(55(2,3)53)35(20-36(49)46-24-29-7-5-4-6-28(29)18-32(46)25-48)54-41(26)33-19-31(45-17-15-43-22-38(45)51)12-13-34(33)47(40(41)52)23-27-8-10-30(11-9-27)44-16-14-42-21-37(44)50/h4-13,19,26,32,35,39,42-43,48,53H,14-18,20-25H2,1-3H3/t26-,32-,35+,39-,41+/m0/s1. The van der Waals surface area contributed by atoms with E-state index in [4.69, 9.17) is 4.74 Å². The van der Waals surface area contributed by atoms with Gasteiger partial charge in [-0.2, -0.15) is 0 Å². The third-order valence-corrected chi connectivity index (χ3v) is 14.8. The number of fused-ring (bicyclic) bond motifs is 3. The molecule has 3 aromatic carbocycles. The molecule has 13 nitrogen and oxygen atoms in total. The van der Waals surface area contributed by atoms with Crippen molar-refractivity contribution >= 4 is 49.0 Å². The van der Waals surface area contributed by atoms with E-state index in [-0.39, 0.29) is 56.3 Å². The molecule has 8 rings (SSSR count). The van der Waals surface area contributed by atoms with Gasteiger partial charge in [-0.1, -0.05) is 43.3 Å². The number of nitrogens with one attached hydrogen (secondary N) is 2. The van der Waals surface area contributed by atoms with Crippen LogP contribution in [0.2, 0.25) is 18.6 Å². The first-order chi connectivity index (χ1) is 26.4. The fraction of sp³-hybridized carbons (Fsp3) is 0.463. The number of carbonyl (C=O) groups is 4. The van der Waals surface area contributed by atoms with Gasteiger partial charge in [0.25, 0.3) is 5.91 Å². The normalized spacial score (nSPS) is 26.9. The van der Waals surface area contributed by atoms with Crippen LogP contribution in [-0.2, 0) is 49.0 Å². The Labute approximate surface area is 322 Å². The molecule has 4 amide bonds. The minimum absolute atomic E-state index is 0.00524. The Morgan fingerprint density at radius 3 is 2.18 bits per heavy atom. The number of anilines is 3. The molecule has 0 bridgehead atoms. The van der Waals surface area contributed by atoms with E-state index < -0.39 is 37.5 Å². The summed E-state index contributed by atoms with van der Waals surface area (Å²) in [7, 11) is -3.10. The second-order valence-corrected chi connectivity index (χ2v) is 20.1.